The number of ether oxygens (including phenoxy) is 2. The van der Waals surface area contributed by atoms with Crippen LogP contribution in [0.5, 0.6) is 0 Å². The summed E-state index contributed by atoms with van der Waals surface area (Å²) in [4.78, 5) is 11.4. The molecule has 0 radical (unpaired) electrons. The van der Waals surface area contributed by atoms with Crippen molar-refractivity contribution < 1.29 is 24.5 Å². The Morgan fingerprint density at radius 3 is 1.81 bits per heavy atom. The molecule has 1 fully saturated rings. The fraction of sp³-hybridized carbons (Fsp3) is 0.952. The predicted molar refractivity (Wildman–Crippen MR) is 103 cm³/mol. The van der Waals surface area contributed by atoms with Crippen LogP contribution in [-0.2, 0) is 14.3 Å². The highest BCUT2D eigenvalue weighted by Gasteiger charge is 2.20. The first-order valence-corrected chi connectivity index (χ1v) is 10.8. The SMILES string of the molecule is O=C(CCCCCCCCCCCCCCCC1CO1)OCC(O)CO. The molecule has 2 unspecified atom stereocenters. The van der Waals surface area contributed by atoms with Gasteiger partial charge in [-0.2, -0.15) is 0 Å². The average molecular weight is 373 g/mol. The Balaban J connectivity index is 1.68. The van der Waals surface area contributed by atoms with Gasteiger partial charge in [-0.05, 0) is 12.8 Å². The van der Waals surface area contributed by atoms with Crippen LogP contribution in [0.15, 0.2) is 0 Å². The van der Waals surface area contributed by atoms with Crippen molar-refractivity contribution in [1.82, 2.24) is 0 Å². The molecule has 1 saturated heterocycles. The molecule has 5 heteroatoms. The van der Waals surface area contributed by atoms with Crippen LogP contribution in [0.3, 0.4) is 0 Å². The van der Waals surface area contributed by atoms with Gasteiger partial charge in [-0.1, -0.05) is 77.0 Å². The van der Waals surface area contributed by atoms with Gasteiger partial charge in [-0.25, -0.2) is 0 Å². The second-order valence-electron chi connectivity index (χ2n) is 7.61. The molecule has 0 aromatic heterocycles. The van der Waals surface area contributed by atoms with Crippen molar-refractivity contribution in [2.45, 2.75) is 109 Å². The molecule has 26 heavy (non-hydrogen) atoms. The first kappa shape index (κ1) is 23.4. The fourth-order valence-electron chi connectivity index (χ4n) is 3.13. The second-order valence-corrected chi connectivity index (χ2v) is 7.61. The maximum Gasteiger partial charge on any atom is 0.305 e. The minimum atomic E-state index is -0.957. The average Bonchev–Trinajstić information content (AvgIpc) is 3.47. The summed E-state index contributed by atoms with van der Waals surface area (Å²) in [5.41, 5.74) is 0. The smallest absolute Gasteiger partial charge is 0.305 e. The van der Waals surface area contributed by atoms with Gasteiger partial charge in [0.1, 0.15) is 12.7 Å². The highest BCUT2D eigenvalue weighted by molar-refractivity contribution is 5.69. The summed E-state index contributed by atoms with van der Waals surface area (Å²) in [6, 6.07) is 0. The largest absolute Gasteiger partial charge is 0.463 e. The standard InChI is InChI=1S/C21H40O5/c22-16-19(23)17-26-21(24)15-13-11-9-7-5-3-1-2-4-6-8-10-12-14-20-18-25-20/h19-20,22-23H,1-18H2. The van der Waals surface area contributed by atoms with Gasteiger partial charge >= 0.3 is 5.97 Å². The summed E-state index contributed by atoms with van der Waals surface area (Å²) in [7, 11) is 0. The first-order valence-electron chi connectivity index (χ1n) is 10.8. The normalized spacial score (nSPS) is 17.2. The Morgan fingerprint density at radius 1 is 0.885 bits per heavy atom. The molecule has 154 valence electrons. The van der Waals surface area contributed by atoms with Crippen LogP contribution >= 0.6 is 0 Å². The summed E-state index contributed by atoms with van der Waals surface area (Å²) in [5, 5.41) is 17.7. The number of rotatable bonds is 19. The molecule has 0 saturated carbocycles. The lowest BCUT2D eigenvalue weighted by molar-refractivity contribution is -0.147. The molecule has 5 nitrogen and oxygen atoms in total. The van der Waals surface area contributed by atoms with Gasteiger partial charge < -0.3 is 19.7 Å². The number of esters is 1. The molecule has 0 amide bonds. The third kappa shape index (κ3) is 15.6. The topological polar surface area (TPSA) is 79.3 Å². The molecule has 1 aliphatic rings. The van der Waals surface area contributed by atoms with E-state index in [0.717, 1.165) is 19.4 Å². The number of carbonyl (C=O) groups is 1. The van der Waals surface area contributed by atoms with Crippen molar-refractivity contribution >= 4 is 5.97 Å². The summed E-state index contributed by atoms with van der Waals surface area (Å²) in [5.74, 6) is -0.279. The van der Waals surface area contributed by atoms with E-state index in [9.17, 15) is 4.79 Å². The Labute approximate surface area is 159 Å². The van der Waals surface area contributed by atoms with E-state index in [1.54, 1.807) is 0 Å². The Bertz CT molecular complexity index is 330. The molecule has 0 bridgehead atoms. The van der Waals surface area contributed by atoms with Gasteiger partial charge in [0, 0.05) is 6.42 Å². The molecule has 2 N–H and O–H groups in total. The van der Waals surface area contributed by atoms with E-state index in [1.807, 2.05) is 0 Å². The zero-order valence-corrected chi connectivity index (χ0v) is 16.5. The van der Waals surface area contributed by atoms with Crippen molar-refractivity contribution in [3.8, 4) is 0 Å². The number of aliphatic hydroxyl groups excluding tert-OH is 2. The molecule has 1 rings (SSSR count). The summed E-state index contributed by atoms with van der Waals surface area (Å²) in [6.45, 7) is 0.525. The van der Waals surface area contributed by atoms with Crippen LogP contribution in [0, 0.1) is 0 Å². The summed E-state index contributed by atoms with van der Waals surface area (Å²) >= 11 is 0. The first-order chi connectivity index (χ1) is 12.7. The van der Waals surface area contributed by atoms with Crippen LogP contribution < -0.4 is 0 Å². The van der Waals surface area contributed by atoms with Crippen LogP contribution in [0.1, 0.15) is 96.3 Å². The van der Waals surface area contributed by atoms with Gasteiger partial charge in [-0.3, -0.25) is 4.79 Å². The van der Waals surface area contributed by atoms with Gasteiger partial charge in [0.05, 0.1) is 19.3 Å². The van der Waals surface area contributed by atoms with Crippen LogP contribution in [0.4, 0.5) is 0 Å². The quantitative estimate of drug-likeness (QED) is 0.202. The minimum absolute atomic E-state index is 0.106. The number of aliphatic hydroxyl groups is 2. The van der Waals surface area contributed by atoms with E-state index in [-0.39, 0.29) is 19.2 Å². The molecule has 0 aromatic carbocycles. The van der Waals surface area contributed by atoms with E-state index in [1.165, 1.54) is 77.0 Å². The molecule has 0 aromatic rings. The maximum atomic E-state index is 11.4. The zero-order valence-electron chi connectivity index (χ0n) is 16.5. The number of hydrogen-bond acceptors (Lipinski definition) is 5. The van der Waals surface area contributed by atoms with Crippen molar-refractivity contribution in [1.29, 1.82) is 0 Å². The maximum absolute atomic E-state index is 11.4. The number of carbonyl (C=O) groups excluding carboxylic acids is 1. The van der Waals surface area contributed by atoms with Gasteiger partial charge in [0.15, 0.2) is 0 Å². The summed E-state index contributed by atoms with van der Waals surface area (Å²) in [6.07, 6.45) is 17.9. The predicted octanol–water partition coefficient (Wildman–Crippen LogP) is 4.13. The van der Waals surface area contributed by atoms with Crippen molar-refractivity contribution in [3.63, 3.8) is 0 Å². The van der Waals surface area contributed by atoms with E-state index in [0.29, 0.717) is 12.5 Å². The minimum Gasteiger partial charge on any atom is -0.463 e. The monoisotopic (exact) mass is 372 g/mol. The zero-order chi connectivity index (χ0) is 18.9. The lowest BCUT2D eigenvalue weighted by atomic mass is 10.0. The molecule has 0 aliphatic carbocycles. The van der Waals surface area contributed by atoms with Gasteiger partial charge in [-0.15, -0.1) is 0 Å². The number of hydrogen-bond donors (Lipinski definition) is 2. The highest BCUT2D eigenvalue weighted by Crippen LogP contribution is 2.18. The van der Waals surface area contributed by atoms with Gasteiger partial charge in [0.25, 0.3) is 0 Å². The molecule has 0 spiro atoms. The molecule has 1 heterocycles. The Kier molecular flexibility index (Phi) is 14.9. The van der Waals surface area contributed by atoms with Crippen LogP contribution in [0.25, 0.3) is 0 Å². The van der Waals surface area contributed by atoms with Gasteiger partial charge in [0.2, 0.25) is 0 Å². The number of unbranched alkanes of at least 4 members (excludes halogenated alkanes) is 12. The lowest BCUT2D eigenvalue weighted by Gasteiger charge is -2.08. The molecular formula is C21H40O5. The third-order valence-corrected chi connectivity index (χ3v) is 4.96. The van der Waals surface area contributed by atoms with Crippen LogP contribution in [0.2, 0.25) is 0 Å². The van der Waals surface area contributed by atoms with Crippen LogP contribution in [-0.4, -0.2) is 48.2 Å². The second kappa shape index (κ2) is 16.5. The third-order valence-electron chi connectivity index (χ3n) is 4.96. The fourth-order valence-corrected chi connectivity index (χ4v) is 3.13. The van der Waals surface area contributed by atoms with E-state index < -0.39 is 6.10 Å². The lowest BCUT2D eigenvalue weighted by Crippen LogP contribution is -2.21. The number of epoxide rings is 1. The molecular weight excluding hydrogens is 332 g/mol. The summed E-state index contributed by atoms with van der Waals surface area (Å²) < 4.78 is 10.1. The molecule has 2 atom stereocenters. The molecule has 1 aliphatic heterocycles. The van der Waals surface area contributed by atoms with E-state index in [4.69, 9.17) is 19.7 Å². The Morgan fingerprint density at radius 2 is 1.35 bits per heavy atom. The van der Waals surface area contributed by atoms with E-state index >= 15 is 0 Å². The Hall–Kier alpha value is -0.650. The van der Waals surface area contributed by atoms with Crippen molar-refractivity contribution in [2.24, 2.45) is 0 Å². The van der Waals surface area contributed by atoms with E-state index in [2.05, 4.69) is 0 Å². The highest BCUT2D eigenvalue weighted by atomic mass is 16.6. The van der Waals surface area contributed by atoms with Crippen molar-refractivity contribution in [2.75, 3.05) is 19.8 Å². The van der Waals surface area contributed by atoms with Crippen molar-refractivity contribution in [3.05, 3.63) is 0 Å².